The van der Waals surface area contributed by atoms with Gasteiger partial charge in [-0.2, -0.15) is 0 Å². The first-order chi connectivity index (χ1) is 11.3. The molecular formula is C19H28N2O2. The van der Waals surface area contributed by atoms with E-state index in [0.29, 0.717) is 13.0 Å². The summed E-state index contributed by atoms with van der Waals surface area (Å²) in [6, 6.07) is 10.8. The van der Waals surface area contributed by atoms with E-state index in [1.807, 2.05) is 6.07 Å². The van der Waals surface area contributed by atoms with Crippen LogP contribution in [0.25, 0.3) is 0 Å². The van der Waals surface area contributed by atoms with E-state index in [4.69, 9.17) is 4.74 Å². The van der Waals surface area contributed by atoms with Gasteiger partial charge in [0.05, 0.1) is 18.6 Å². The van der Waals surface area contributed by atoms with E-state index in [1.165, 1.54) is 24.8 Å². The third-order valence-corrected chi connectivity index (χ3v) is 4.95. The van der Waals surface area contributed by atoms with Gasteiger partial charge in [0.25, 0.3) is 0 Å². The van der Waals surface area contributed by atoms with Crippen LogP contribution in [0.2, 0.25) is 0 Å². The number of nitrogens with zero attached hydrogens (tertiary/aromatic N) is 1. The summed E-state index contributed by atoms with van der Waals surface area (Å²) in [6.45, 7) is 3.75. The first-order valence-corrected chi connectivity index (χ1v) is 9.00. The molecule has 126 valence electrons. The van der Waals surface area contributed by atoms with Gasteiger partial charge in [-0.3, -0.25) is 9.69 Å². The first kappa shape index (κ1) is 16.5. The molecule has 1 aromatic rings. The summed E-state index contributed by atoms with van der Waals surface area (Å²) in [5.41, 5.74) is 1.30. The molecule has 0 saturated carbocycles. The van der Waals surface area contributed by atoms with Gasteiger partial charge in [0.2, 0.25) is 5.91 Å². The Morgan fingerprint density at radius 2 is 1.96 bits per heavy atom. The average Bonchev–Trinajstić information content (AvgIpc) is 3.11. The largest absolute Gasteiger partial charge is 0.378 e. The van der Waals surface area contributed by atoms with E-state index in [1.54, 1.807) is 0 Å². The molecule has 2 aliphatic heterocycles. The number of nitrogens with one attached hydrogen (secondary N) is 1. The van der Waals surface area contributed by atoms with Crippen LogP contribution in [0.3, 0.4) is 0 Å². The first-order valence-electron chi connectivity index (χ1n) is 9.00. The number of carbonyl (C=O) groups excluding carboxylic acids is 1. The highest BCUT2D eigenvalue weighted by Crippen LogP contribution is 2.24. The van der Waals surface area contributed by atoms with Crippen LogP contribution in [0, 0.1) is 0 Å². The number of hydrogen-bond acceptors (Lipinski definition) is 3. The minimum atomic E-state index is 0.116. The van der Waals surface area contributed by atoms with Crippen molar-refractivity contribution >= 4 is 5.91 Å². The van der Waals surface area contributed by atoms with Crippen LogP contribution in [0.5, 0.6) is 0 Å². The van der Waals surface area contributed by atoms with Crippen LogP contribution in [0.15, 0.2) is 30.3 Å². The minimum absolute atomic E-state index is 0.116. The summed E-state index contributed by atoms with van der Waals surface area (Å²) in [6.07, 6.45) is 6.45. The van der Waals surface area contributed by atoms with Crippen molar-refractivity contribution < 1.29 is 9.53 Å². The van der Waals surface area contributed by atoms with Gasteiger partial charge in [-0.1, -0.05) is 30.3 Å². The third kappa shape index (κ3) is 4.79. The van der Waals surface area contributed by atoms with Crippen molar-refractivity contribution in [3.05, 3.63) is 35.9 Å². The predicted molar refractivity (Wildman–Crippen MR) is 91.2 cm³/mol. The van der Waals surface area contributed by atoms with E-state index >= 15 is 0 Å². The molecule has 1 N–H and O–H groups in total. The zero-order valence-corrected chi connectivity index (χ0v) is 13.9. The molecule has 0 radical (unpaired) electrons. The molecule has 2 saturated heterocycles. The van der Waals surface area contributed by atoms with Crippen LogP contribution >= 0.6 is 0 Å². The number of rotatable bonds is 6. The molecule has 3 rings (SSSR count). The molecule has 0 bridgehead atoms. The minimum Gasteiger partial charge on any atom is -0.378 e. The maximum absolute atomic E-state index is 12.3. The van der Waals surface area contributed by atoms with Crippen molar-refractivity contribution in [1.82, 2.24) is 10.2 Å². The highest BCUT2D eigenvalue weighted by atomic mass is 16.5. The van der Waals surface area contributed by atoms with E-state index in [2.05, 4.69) is 34.5 Å². The number of benzene rings is 1. The molecule has 2 unspecified atom stereocenters. The maximum atomic E-state index is 12.3. The molecule has 2 atom stereocenters. The van der Waals surface area contributed by atoms with E-state index in [0.717, 1.165) is 32.5 Å². The second-order valence-corrected chi connectivity index (χ2v) is 6.67. The van der Waals surface area contributed by atoms with Crippen molar-refractivity contribution in [2.75, 3.05) is 26.2 Å². The zero-order chi connectivity index (χ0) is 15.9. The topological polar surface area (TPSA) is 41.6 Å². The fraction of sp³-hybridized carbons (Fsp3) is 0.632. The Morgan fingerprint density at radius 3 is 2.65 bits per heavy atom. The molecule has 1 amide bonds. The lowest BCUT2D eigenvalue weighted by atomic mass is 10.0. The SMILES string of the molecule is O=C(CC1CCCCO1)NCC(c1ccccc1)N1CCCC1. The molecule has 4 heteroatoms. The molecule has 2 fully saturated rings. The second kappa shape index (κ2) is 8.46. The van der Waals surface area contributed by atoms with Crippen molar-refractivity contribution in [2.24, 2.45) is 0 Å². The Balaban J connectivity index is 1.54. The number of amides is 1. The Kier molecular flexibility index (Phi) is 6.06. The number of hydrogen-bond donors (Lipinski definition) is 1. The molecule has 0 aliphatic carbocycles. The van der Waals surface area contributed by atoms with Gasteiger partial charge in [-0.05, 0) is 50.8 Å². The lowest BCUT2D eigenvalue weighted by molar-refractivity contribution is -0.125. The van der Waals surface area contributed by atoms with Crippen LogP contribution < -0.4 is 5.32 Å². The van der Waals surface area contributed by atoms with E-state index < -0.39 is 0 Å². The molecule has 23 heavy (non-hydrogen) atoms. The third-order valence-electron chi connectivity index (χ3n) is 4.95. The van der Waals surface area contributed by atoms with Crippen LogP contribution in [-0.2, 0) is 9.53 Å². The molecule has 0 spiro atoms. The lowest BCUT2D eigenvalue weighted by Crippen LogP contribution is -2.38. The highest BCUT2D eigenvalue weighted by molar-refractivity contribution is 5.76. The summed E-state index contributed by atoms with van der Waals surface area (Å²) in [4.78, 5) is 14.7. The summed E-state index contributed by atoms with van der Waals surface area (Å²) in [7, 11) is 0. The van der Waals surface area contributed by atoms with Crippen LogP contribution in [0.1, 0.15) is 50.1 Å². The van der Waals surface area contributed by atoms with Gasteiger partial charge in [0.1, 0.15) is 0 Å². The quantitative estimate of drug-likeness (QED) is 0.877. The second-order valence-electron chi connectivity index (χ2n) is 6.67. The monoisotopic (exact) mass is 316 g/mol. The Labute approximate surface area is 139 Å². The zero-order valence-electron chi connectivity index (χ0n) is 13.9. The maximum Gasteiger partial charge on any atom is 0.222 e. The van der Waals surface area contributed by atoms with Gasteiger partial charge in [-0.15, -0.1) is 0 Å². The predicted octanol–water partition coefficient (Wildman–Crippen LogP) is 2.90. The van der Waals surface area contributed by atoms with Crippen molar-refractivity contribution in [3.8, 4) is 0 Å². The number of ether oxygens (including phenoxy) is 1. The van der Waals surface area contributed by atoms with Crippen molar-refractivity contribution in [1.29, 1.82) is 0 Å². The number of likely N-dealkylation sites (tertiary alicyclic amines) is 1. The molecular weight excluding hydrogens is 288 g/mol. The molecule has 0 aromatic heterocycles. The Bertz CT molecular complexity index is 479. The van der Waals surface area contributed by atoms with Gasteiger partial charge in [0.15, 0.2) is 0 Å². The average molecular weight is 316 g/mol. The van der Waals surface area contributed by atoms with Crippen molar-refractivity contribution in [2.45, 2.75) is 50.7 Å². The standard InChI is InChI=1S/C19H28N2O2/c22-19(14-17-10-4-7-13-23-17)20-15-18(21-11-5-6-12-21)16-8-2-1-3-9-16/h1-3,8-9,17-18H,4-7,10-15H2,(H,20,22). The van der Waals surface area contributed by atoms with Gasteiger partial charge in [0, 0.05) is 13.2 Å². The van der Waals surface area contributed by atoms with Crippen LogP contribution in [0.4, 0.5) is 0 Å². The van der Waals surface area contributed by atoms with E-state index in [-0.39, 0.29) is 18.1 Å². The summed E-state index contributed by atoms with van der Waals surface area (Å²) in [5, 5.41) is 3.14. The Morgan fingerprint density at radius 1 is 1.17 bits per heavy atom. The Hall–Kier alpha value is -1.39. The fourth-order valence-corrected chi connectivity index (χ4v) is 3.64. The summed E-state index contributed by atoms with van der Waals surface area (Å²) in [5.74, 6) is 0.122. The van der Waals surface area contributed by atoms with Gasteiger partial charge in [-0.25, -0.2) is 0 Å². The molecule has 1 aromatic carbocycles. The molecule has 2 aliphatic rings. The number of carbonyl (C=O) groups is 1. The molecule has 2 heterocycles. The van der Waals surface area contributed by atoms with E-state index in [9.17, 15) is 4.79 Å². The van der Waals surface area contributed by atoms with Crippen LogP contribution in [-0.4, -0.2) is 43.2 Å². The summed E-state index contributed by atoms with van der Waals surface area (Å²) >= 11 is 0. The smallest absolute Gasteiger partial charge is 0.222 e. The normalized spacial score (nSPS) is 23.6. The summed E-state index contributed by atoms with van der Waals surface area (Å²) < 4.78 is 5.67. The molecule has 4 nitrogen and oxygen atoms in total. The van der Waals surface area contributed by atoms with Gasteiger partial charge < -0.3 is 10.1 Å². The van der Waals surface area contributed by atoms with Gasteiger partial charge >= 0.3 is 0 Å². The highest BCUT2D eigenvalue weighted by Gasteiger charge is 2.24. The fourth-order valence-electron chi connectivity index (χ4n) is 3.64. The lowest BCUT2D eigenvalue weighted by Gasteiger charge is -2.29. The van der Waals surface area contributed by atoms with Crippen molar-refractivity contribution in [3.63, 3.8) is 0 Å².